The molecule has 2 N–H and O–H groups in total. The van der Waals surface area contributed by atoms with E-state index in [4.69, 9.17) is 5.73 Å². The van der Waals surface area contributed by atoms with Crippen LogP contribution >= 0.6 is 0 Å². The van der Waals surface area contributed by atoms with Gasteiger partial charge >= 0.3 is 0 Å². The molecule has 2 rings (SSSR count). The first-order valence-electron chi connectivity index (χ1n) is 7.07. The summed E-state index contributed by atoms with van der Waals surface area (Å²) in [5.41, 5.74) is 12.2. The molecule has 0 amide bonds. The lowest BCUT2D eigenvalue weighted by atomic mass is 9.88. The van der Waals surface area contributed by atoms with Gasteiger partial charge in [-0.2, -0.15) is 0 Å². The van der Waals surface area contributed by atoms with Crippen LogP contribution in [0.4, 0.5) is 5.69 Å². The van der Waals surface area contributed by atoms with Crippen LogP contribution in [0.2, 0.25) is 0 Å². The van der Waals surface area contributed by atoms with Crippen molar-refractivity contribution in [2.45, 2.75) is 33.6 Å². The van der Waals surface area contributed by atoms with Crippen molar-refractivity contribution < 1.29 is 0 Å². The standard InChI is InChI=1S/C18H23N/c1-4-13(2)15-9-5-6-10-16(14(15)3)17-11-7-8-12-18(17)19/h6-13H,4-5,19H2,1-3H3. The van der Waals surface area contributed by atoms with E-state index in [9.17, 15) is 0 Å². The highest BCUT2D eigenvalue weighted by atomic mass is 14.6. The molecule has 1 heteroatoms. The maximum Gasteiger partial charge on any atom is 0.0393 e. The van der Waals surface area contributed by atoms with Gasteiger partial charge in [-0.3, -0.25) is 0 Å². The van der Waals surface area contributed by atoms with E-state index in [2.05, 4.69) is 51.1 Å². The highest BCUT2D eigenvalue weighted by molar-refractivity contribution is 5.85. The van der Waals surface area contributed by atoms with Crippen LogP contribution in [0.3, 0.4) is 0 Å². The number of hydrogen-bond donors (Lipinski definition) is 1. The maximum atomic E-state index is 6.13. The Labute approximate surface area is 116 Å². The summed E-state index contributed by atoms with van der Waals surface area (Å²) in [6.07, 6.45) is 8.97. The highest BCUT2D eigenvalue weighted by Gasteiger charge is 2.15. The van der Waals surface area contributed by atoms with E-state index in [0.717, 1.165) is 17.7 Å². The Morgan fingerprint density at radius 2 is 2.00 bits per heavy atom. The fourth-order valence-electron chi connectivity index (χ4n) is 2.64. The largest absolute Gasteiger partial charge is 0.398 e. The second-order valence-electron chi connectivity index (χ2n) is 5.23. The normalized spacial score (nSPS) is 17.1. The van der Waals surface area contributed by atoms with Crippen molar-refractivity contribution in [2.24, 2.45) is 5.92 Å². The number of para-hydroxylation sites is 1. The summed E-state index contributed by atoms with van der Waals surface area (Å²) in [5.74, 6) is 0.597. The van der Waals surface area contributed by atoms with Crippen LogP contribution in [0.1, 0.15) is 39.2 Å². The molecule has 0 fully saturated rings. The minimum absolute atomic E-state index is 0.597. The zero-order valence-corrected chi connectivity index (χ0v) is 12.1. The Balaban J connectivity index is 2.54. The number of allylic oxidation sites excluding steroid dienone is 6. The topological polar surface area (TPSA) is 26.0 Å². The molecule has 19 heavy (non-hydrogen) atoms. The van der Waals surface area contributed by atoms with Crippen LogP contribution in [0.15, 0.2) is 53.6 Å². The molecule has 0 heterocycles. The van der Waals surface area contributed by atoms with Gasteiger partial charge < -0.3 is 5.73 Å². The Kier molecular flexibility index (Phi) is 4.26. The van der Waals surface area contributed by atoms with Gasteiger partial charge in [0.05, 0.1) is 0 Å². The summed E-state index contributed by atoms with van der Waals surface area (Å²) in [4.78, 5) is 0. The number of nitrogens with two attached hydrogens (primary N) is 1. The molecular weight excluding hydrogens is 230 g/mol. The number of anilines is 1. The van der Waals surface area contributed by atoms with E-state index >= 15 is 0 Å². The summed E-state index contributed by atoms with van der Waals surface area (Å²) >= 11 is 0. The van der Waals surface area contributed by atoms with E-state index in [1.807, 2.05) is 12.1 Å². The third kappa shape index (κ3) is 2.81. The van der Waals surface area contributed by atoms with Crippen molar-refractivity contribution in [1.29, 1.82) is 0 Å². The van der Waals surface area contributed by atoms with Crippen molar-refractivity contribution in [3.63, 3.8) is 0 Å². The summed E-state index contributed by atoms with van der Waals surface area (Å²) in [6, 6.07) is 8.12. The summed E-state index contributed by atoms with van der Waals surface area (Å²) < 4.78 is 0. The lowest BCUT2D eigenvalue weighted by Crippen LogP contribution is -2.02. The zero-order chi connectivity index (χ0) is 13.8. The third-order valence-corrected chi connectivity index (χ3v) is 3.99. The van der Waals surface area contributed by atoms with Gasteiger partial charge in [0.15, 0.2) is 0 Å². The lowest BCUT2D eigenvalue weighted by molar-refractivity contribution is 0.660. The highest BCUT2D eigenvalue weighted by Crippen LogP contribution is 2.34. The first kappa shape index (κ1) is 13.7. The Hall–Kier alpha value is -1.76. The number of rotatable bonds is 3. The Morgan fingerprint density at radius 3 is 2.68 bits per heavy atom. The summed E-state index contributed by atoms with van der Waals surface area (Å²) in [7, 11) is 0. The van der Waals surface area contributed by atoms with Crippen LogP contribution < -0.4 is 5.73 Å². The lowest BCUT2D eigenvalue weighted by Gasteiger charge is -2.18. The van der Waals surface area contributed by atoms with E-state index in [1.165, 1.54) is 23.1 Å². The molecule has 0 radical (unpaired) electrons. The van der Waals surface area contributed by atoms with E-state index < -0.39 is 0 Å². The SMILES string of the molecule is CCC(C)C1=CCC=CC(c2ccccc2N)=C1C. The molecule has 1 atom stereocenters. The molecule has 1 unspecified atom stereocenters. The molecule has 100 valence electrons. The molecule has 0 aromatic heterocycles. The first-order valence-corrected chi connectivity index (χ1v) is 7.07. The molecule has 1 aromatic rings. The molecule has 1 aliphatic rings. The Bertz CT molecular complexity index is 547. The molecular formula is C18H23N. The zero-order valence-electron chi connectivity index (χ0n) is 12.1. The molecule has 0 spiro atoms. The number of nitrogen functional groups attached to an aromatic ring is 1. The van der Waals surface area contributed by atoms with Gasteiger partial charge in [0.1, 0.15) is 0 Å². The first-order chi connectivity index (χ1) is 9.15. The number of benzene rings is 1. The summed E-state index contributed by atoms with van der Waals surface area (Å²) in [5, 5.41) is 0. The van der Waals surface area contributed by atoms with Crippen LogP contribution in [0, 0.1) is 5.92 Å². The summed E-state index contributed by atoms with van der Waals surface area (Å²) in [6.45, 7) is 6.76. The second kappa shape index (κ2) is 5.92. The van der Waals surface area contributed by atoms with Crippen LogP contribution in [0.5, 0.6) is 0 Å². The van der Waals surface area contributed by atoms with Crippen molar-refractivity contribution in [3.05, 3.63) is 59.2 Å². The van der Waals surface area contributed by atoms with Crippen LogP contribution in [0.25, 0.3) is 5.57 Å². The Morgan fingerprint density at radius 1 is 1.26 bits per heavy atom. The minimum Gasteiger partial charge on any atom is -0.398 e. The second-order valence-corrected chi connectivity index (χ2v) is 5.23. The van der Waals surface area contributed by atoms with Crippen LogP contribution in [-0.4, -0.2) is 0 Å². The molecule has 1 nitrogen and oxygen atoms in total. The van der Waals surface area contributed by atoms with Gasteiger partial charge in [-0.25, -0.2) is 0 Å². The maximum absolute atomic E-state index is 6.13. The minimum atomic E-state index is 0.597. The van der Waals surface area contributed by atoms with Crippen LogP contribution in [-0.2, 0) is 0 Å². The van der Waals surface area contributed by atoms with Crippen molar-refractivity contribution in [3.8, 4) is 0 Å². The van der Waals surface area contributed by atoms with Gasteiger partial charge in [0.2, 0.25) is 0 Å². The predicted molar refractivity (Wildman–Crippen MR) is 84.7 cm³/mol. The van der Waals surface area contributed by atoms with Gasteiger partial charge in [-0.15, -0.1) is 0 Å². The molecule has 0 saturated carbocycles. The van der Waals surface area contributed by atoms with Gasteiger partial charge in [0, 0.05) is 11.3 Å². The average molecular weight is 253 g/mol. The molecule has 0 bridgehead atoms. The molecule has 0 saturated heterocycles. The fourth-order valence-corrected chi connectivity index (χ4v) is 2.64. The van der Waals surface area contributed by atoms with E-state index in [1.54, 1.807) is 0 Å². The van der Waals surface area contributed by atoms with E-state index in [-0.39, 0.29) is 0 Å². The van der Waals surface area contributed by atoms with Gasteiger partial charge in [0.25, 0.3) is 0 Å². The quantitative estimate of drug-likeness (QED) is 0.756. The average Bonchev–Trinajstić information content (AvgIpc) is 2.61. The molecule has 1 aromatic carbocycles. The van der Waals surface area contributed by atoms with Gasteiger partial charge in [-0.1, -0.05) is 50.3 Å². The van der Waals surface area contributed by atoms with Gasteiger partial charge in [-0.05, 0) is 48.5 Å². The monoisotopic (exact) mass is 253 g/mol. The van der Waals surface area contributed by atoms with Crippen molar-refractivity contribution in [1.82, 2.24) is 0 Å². The fraction of sp³-hybridized carbons (Fsp3) is 0.333. The molecule has 0 aliphatic heterocycles. The smallest absolute Gasteiger partial charge is 0.0393 e. The van der Waals surface area contributed by atoms with E-state index in [0.29, 0.717) is 5.92 Å². The van der Waals surface area contributed by atoms with Crippen molar-refractivity contribution in [2.75, 3.05) is 5.73 Å². The molecule has 1 aliphatic carbocycles. The predicted octanol–water partition coefficient (Wildman–Crippen LogP) is 4.97. The van der Waals surface area contributed by atoms with Crippen molar-refractivity contribution >= 4 is 11.3 Å². The number of hydrogen-bond acceptors (Lipinski definition) is 1. The third-order valence-electron chi connectivity index (χ3n) is 3.99.